The van der Waals surface area contributed by atoms with E-state index in [4.69, 9.17) is 4.74 Å². The first-order chi connectivity index (χ1) is 9.74. The van der Waals surface area contributed by atoms with Crippen LogP contribution in [0.15, 0.2) is 24.3 Å². The SMILES string of the molecule is O=C1CC(Br)CN1c1ccccc1CN1CCOCC1. The number of hydrogen-bond donors (Lipinski definition) is 0. The average Bonchev–Trinajstić information content (AvgIpc) is 2.79. The standard InChI is InChI=1S/C15H19BrN2O2/c16-13-9-15(19)18(11-13)14-4-2-1-3-12(14)10-17-5-7-20-8-6-17/h1-4,13H,5-11H2. The van der Waals surface area contributed by atoms with Crippen molar-refractivity contribution in [1.29, 1.82) is 0 Å². The van der Waals surface area contributed by atoms with E-state index in [9.17, 15) is 4.79 Å². The van der Waals surface area contributed by atoms with Crippen LogP contribution in [0.25, 0.3) is 0 Å². The third kappa shape index (κ3) is 3.05. The van der Waals surface area contributed by atoms with E-state index < -0.39 is 0 Å². The van der Waals surface area contributed by atoms with Gasteiger partial charge in [0.2, 0.25) is 5.91 Å². The molecular weight excluding hydrogens is 320 g/mol. The van der Waals surface area contributed by atoms with Gasteiger partial charge in [-0.2, -0.15) is 0 Å². The molecule has 2 fully saturated rings. The van der Waals surface area contributed by atoms with Crippen molar-refractivity contribution in [1.82, 2.24) is 4.90 Å². The van der Waals surface area contributed by atoms with E-state index in [0.29, 0.717) is 6.42 Å². The van der Waals surface area contributed by atoms with Gasteiger partial charge in [0.1, 0.15) is 0 Å². The second-order valence-electron chi connectivity index (χ2n) is 5.32. The summed E-state index contributed by atoms with van der Waals surface area (Å²) in [6.45, 7) is 5.17. The number of morpholine rings is 1. The summed E-state index contributed by atoms with van der Waals surface area (Å²) < 4.78 is 5.39. The number of para-hydroxylation sites is 1. The molecule has 2 aliphatic rings. The predicted octanol–water partition coefficient (Wildman–Crippen LogP) is 2.02. The zero-order valence-electron chi connectivity index (χ0n) is 11.4. The van der Waals surface area contributed by atoms with Gasteiger partial charge in [0.25, 0.3) is 0 Å². The zero-order chi connectivity index (χ0) is 13.9. The molecular formula is C15H19BrN2O2. The van der Waals surface area contributed by atoms with Crippen LogP contribution in [-0.2, 0) is 16.1 Å². The Morgan fingerprint density at radius 1 is 1.25 bits per heavy atom. The third-order valence-electron chi connectivity index (χ3n) is 3.86. The summed E-state index contributed by atoms with van der Waals surface area (Å²) in [6.07, 6.45) is 0.589. The minimum atomic E-state index is 0.210. The average molecular weight is 339 g/mol. The second-order valence-corrected chi connectivity index (χ2v) is 6.62. The van der Waals surface area contributed by atoms with Crippen LogP contribution < -0.4 is 4.90 Å². The normalized spacial score (nSPS) is 24.4. The summed E-state index contributed by atoms with van der Waals surface area (Å²) in [4.78, 5) is 16.7. The Morgan fingerprint density at radius 2 is 2.00 bits per heavy atom. The van der Waals surface area contributed by atoms with E-state index in [1.807, 2.05) is 17.0 Å². The van der Waals surface area contributed by atoms with Gasteiger partial charge in [-0.3, -0.25) is 9.69 Å². The maximum absolute atomic E-state index is 12.1. The van der Waals surface area contributed by atoms with Crippen LogP contribution in [0.1, 0.15) is 12.0 Å². The number of carbonyl (C=O) groups is 1. The lowest BCUT2D eigenvalue weighted by molar-refractivity contribution is -0.117. The molecule has 2 saturated heterocycles. The molecule has 0 N–H and O–H groups in total. The van der Waals surface area contributed by atoms with Gasteiger partial charge in [-0.1, -0.05) is 34.1 Å². The number of alkyl halides is 1. The topological polar surface area (TPSA) is 32.8 Å². The summed E-state index contributed by atoms with van der Waals surface area (Å²) >= 11 is 3.55. The van der Waals surface area contributed by atoms with Gasteiger partial charge in [0, 0.05) is 43.1 Å². The van der Waals surface area contributed by atoms with Gasteiger partial charge in [0.15, 0.2) is 0 Å². The number of hydrogen-bond acceptors (Lipinski definition) is 3. The second kappa shape index (κ2) is 6.24. The van der Waals surface area contributed by atoms with Gasteiger partial charge in [-0.15, -0.1) is 0 Å². The fraction of sp³-hybridized carbons (Fsp3) is 0.533. The van der Waals surface area contributed by atoms with Crippen molar-refractivity contribution in [2.75, 3.05) is 37.7 Å². The Hall–Kier alpha value is -0.910. The molecule has 0 aromatic heterocycles. The Bertz CT molecular complexity index is 489. The van der Waals surface area contributed by atoms with Crippen LogP contribution in [0.5, 0.6) is 0 Å². The van der Waals surface area contributed by atoms with E-state index in [1.165, 1.54) is 5.56 Å². The van der Waals surface area contributed by atoms with Gasteiger partial charge in [-0.05, 0) is 11.6 Å². The van der Waals surface area contributed by atoms with Gasteiger partial charge in [0.05, 0.1) is 13.2 Å². The number of anilines is 1. The molecule has 0 aliphatic carbocycles. The highest BCUT2D eigenvalue weighted by Gasteiger charge is 2.30. The van der Waals surface area contributed by atoms with Crippen LogP contribution in [0, 0.1) is 0 Å². The predicted molar refractivity (Wildman–Crippen MR) is 82.2 cm³/mol. The highest BCUT2D eigenvalue weighted by atomic mass is 79.9. The highest BCUT2D eigenvalue weighted by Crippen LogP contribution is 2.29. The Labute approximate surface area is 127 Å². The van der Waals surface area contributed by atoms with Crippen LogP contribution in [0.4, 0.5) is 5.69 Å². The summed E-state index contributed by atoms with van der Waals surface area (Å²) in [7, 11) is 0. The van der Waals surface area contributed by atoms with Crippen LogP contribution in [0.3, 0.4) is 0 Å². The number of amides is 1. The Balaban J connectivity index is 1.79. The van der Waals surface area contributed by atoms with Crippen molar-refractivity contribution in [3.8, 4) is 0 Å². The van der Waals surface area contributed by atoms with Crippen LogP contribution in [0.2, 0.25) is 0 Å². The number of benzene rings is 1. The molecule has 0 saturated carbocycles. The van der Waals surface area contributed by atoms with Crippen LogP contribution in [-0.4, -0.2) is 48.5 Å². The largest absolute Gasteiger partial charge is 0.379 e. The smallest absolute Gasteiger partial charge is 0.228 e. The summed E-state index contributed by atoms with van der Waals surface area (Å²) in [5.41, 5.74) is 2.29. The summed E-state index contributed by atoms with van der Waals surface area (Å²) in [5.74, 6) is 0.210. The van der Waals surface area contributed by atoms with E-state index >= 15 is 0 Å². The molecule has 2 heterocycles. The van der Waals surface area contributed by atoms with E-state index in [2.05, 4.69) is 33.0 Å². The number of nitrogens with zero attached hydrogens (tertiary/aromatic N) is 2. The Morgan fingerprint density at radius 3 is 2.70 bits per heavy atom. The molecule has 2 aliphatic heterocycles. The fourth-order valence-electron chi connectivity index (χ4n) is 2.80. The van der Waals surface area contributed by atoms with Crippen LogP contribution >= 0.6 is 15.9 Å². The molecule has 1 amide bonds. The first-order valence-electron chi connectivity index (χ1n) is 7.06. The summed E-state index contributed by atoms with van der Waals surface area (Å²) in [6, 6.07) is 8.23. The molecule has 20 heavy (non-hydrogen) atoms. The highest BCUT2D eigenvalue weighted by molar-refractivity contribution is 9.09. The molecule has 108 valence electrons. The van der Waals surface area contributed by atoms with E-state index in [-0.39, 0.29) is 10.7 Å². The van der Waals surface area contributed by atoms with Crippen molar-refractivity contribution < 1.29 is 9.53 Å². The quantitative estimate of drug-likeness (QED) is 0.790. The molecule has 0 spiro atoms. The number of rotatable bonds is 3. The Kier molecular flexibility index (Phi) is 4.38. The maximum atomic E-state index is 12.1. The van der Waals surface area contributed by atoms with Crippen molar-refractivity contribution in [2.24, 2.45) is 0 Å². The molecule has 1 aromatic rings. The molecule has 5 heteroatoms. The van der Waals surface area contributed by atoms with Gasteiger partial charge in [-0.25, -0.2) is 0 Å². The molecule has 0 radical (unpaired) electrons. The van der Waals surface area contributed by atoms with Gasteiger partial charge >= 0.3 is 0 Å². The number of ether oxygens (including phenoxy) is 1. The molecule has 4 nitrogen and oxygen atoms in total. The van der Waals surface area contributed by atoms with Crippen molar-refractivity contribution >= 4 is 27.5 Å². The number of halogens is 1. The lowest BCUT2D eigenvalue weighted by atomic mass is 10.1. The third-order valence-corrected chi connectivity index (χ3v) is 4.47. The minimum Gasteiger partial charge on any atom is -0.379 e. The van der Waals surface area contributed by atoms with Gasteiger partial charge < -0.3 is 9.64 Å². The first-order valence-corrected chi connectivity index (χ1v) is 7.98. The molecule has 1 atom stereocenters. The van der Waals surface area contributed by atoms with E-state index in [0.717, 1.165) is 45.1 Å². The lowest BCUT2D eigenvalue weighted by Gasteiger charge is -2.28. The summed E-state index contributed by atoms with van der Waals surface area (Å²) in [5, 5.41) is 0. The molecule has 1 unspecified atom stereocenters. The van der Waals surface area contributed by atoms with Crippen molar-refractivity contribution in [3.63, 3.8) is 0 Å². The van der Waals surface area contributed by atoms with Crippen molar-refractivity contribution in [2.45, 2.75) is 17.8 Å². The lowest BCUT2D eigenvalue weighted by Crippen LogP contribution is -2.36. The van der Waals surface area contributed by atoms with E-state index in [1.54, 1.807) is 0 Å². The number of carbonyl (C=O) groups excluding carboxylic acids is 1. The molecule has 0 bridgehead atoms. The first kappa shape index (κ1) is 14.0. The maximum Gasteiger partial charge on any atom is 0.228 e. The van der Waals surface area contributed by atoms with Crippen molar-refractivity contribution in [3.05, 3.63) is 29.8 Å². The molecule has 3 rings (SSSR count). The monoisotopic (exact) mass is 338 g/mol. The zero-order valence-corrected chi connectivity index (χ0v) is 13.0. The minimum absolute atomic E-state index is 0.210. The molecule has 1 aromatic carbocycles. The fourth-order valence-corrected chi connectivity index (χ4v) is 3.37.